The number of alkyl halides is 1. The van der Waals surface area contributed by atoms with Gasteiger partial charge in [0, 0.05) is 12.3 Å². The van der Waals surface area contributed by atoms with Gasteiger partial charge in [-0.15, -0.1) is 0 Å². The van der Waals surface area contributed by atoms with Gasteiger partial charge in [-0.25, -0.2) is 13.5 Å². The third-order valence-electron chi connectivity index (χ3n) is 5.07. The van der Waals surface area contributed by atoms with Crippen LogP contribution in [0.3, 0.4) is 0 Å². The van der Waals surface area contributed by atoms with Crippen LogP contribution in [0.1, 0.15) is 6.23 Å². The number of aliphatic hydroxyl groups is 5. The van der Waals surface area contributed by atoms with Gasteiger partial charge >= 0.3 is 5.69 Å². The fraction of sp³-hybridized carbons (Fsp3) is 0.733. The highest BCUT2D eigenvalue weighted by Gasteiger charge is 2.49. The normalized spacial score (nSPS) is 36.9. The van der Waals surface area contributed by atoms with E-state index in [9.17, 15) is 53.3 Å². The molecule has 2 aliphatic rings. The number of hydrogen-bond acceptors (Lipinski definition) is 16. The molecule has 0 spiro atoms. The molecule has 18 nitrogen and oxygen atoms in total. The number of aromatic amines is 1. The number of rotatable bonds is 10. The van der Waals surface area contributed by atoms with Crippen molar-refractivity contribution in [1.82, 2.24) is 9.55 Å². The molecule has 0 saturated carbocycles. The van der Waals surface area contributed by atoms with Crippen molar-refractivity contribution < 1.29 is 71.7 Å². The number of nitrogens with zero attached hydrogens (tertiary/aromatic N) is 1. The van der Waals surface area contributed by atoms with E-state index in [1.54, 1.807) is 0 Å². The predicted molar refractivity (Wildman–Crippen MR) is 103 cm³/mol. The van der Waals surface area contributed by atoms with E-state index in [-0.39, 0.29) is 0 Å². The molecule has 1 aromatic heterocycles. The summed E-state index contributed by atoms with van der Waals surface area (Å²) in [6.07, 6.45) is -16.8. The average Bonchev–Trinajstić information content (AvgIpc) is 3.21. The van der Waals surface area contributed by atoms with Crippen molar-refractivity contribution in [2.45, 2.75) is 55.3 Å². The number of aliphatic hydroxyl groups excluding tert-OH is 5. The Bertz CT molecular complexity index is 1130. The number of aromatic nitrogens is 2. The lowest BCUT2D eigenvalue weighted by Gasteiger charge is -2.33. The Labute approximate surface area is 199 Å². The lowest BCUT2D eigenvalue weighted by atomic mass is 10.1. The van der Waals surface area contributed by atoms with Gasteiger partial charge in [-0.3, -0.25) is 28.0 Å². The molecule has 0 radical (unpaired) electrons. The van der Waals surface area contributed by atoms with Gasteiger partial charge in [0.15, 0.2) is 18.7 Å². The van der Waals surface area contributed by atoms with Crippen LogP contribution in [0.2, 0.25) is 0 Å². The van der Waals surface area contributed by atoms with Gasteiger partial charge in [0.2, 0.25) is 0 Å². The molecule has 2 fully saturated rings. The summed E-state index contributed by atoms with van der Waals surface area (Å²) in [7, 11) is -11.7. The number of ether oxygens (including phenoxy) is 2. The van der Waals surface area contributed by atoms with E-state index in [1.165, 1.54) is 0 Å². The molecule has 6 N–H and O–H groups in total. The van der Waals surface area contributed by atoms with Crippen LogP contribution in [0, 0.1) is 0 Å². The van der Waals surface area contributed by atoms with Crippen molar-refractivity contribution in [1.29, 1.82) is 0 Å². The summed E-state index contributed by atoms with van der Waals surface area (Å²) in [5, 5.41) is 48.1. The number of nitrogens with one attached hydrogen (secondary N) is 1. The molecule has 0 aliphatic carbocycles. The van der Waals surface area contributed by atoms with Crippen LogP contribution < -0.4 is 21.0 Å². The lowest BCUT2D eigenvalue weighted by molar-refractivity contribution is -0.260. The summed E-state index contributed by atoms with van der Waals surface area (Å²) in [6.45, 7) is -2.14. The molecule has 21 heteroatoms. The lowest BCUT2D eigenvalue weighted by Crippen LogP contribution is -2.37. The Kier molecular flexibility index (Phi) is 9.02. The van der Waals surface area contributed by atoms with Gasteiger partial charge in [0.05, 0.1) is 13.2 Å². The summed E-state index contributed by atoms with van der Waals surface area (Å²) in [4.78, 5) is 48.8. The highest BCUT2D eigenvalue weighted by atomic mass is 31.3. The van der Waals surface area contributed by atoms with Crippen molar-refractivity contribution in [2.24, 2.45) is 0 Å². The zero-order valence-corrected chi connectivity index (χ0v) is 19.5. The second-order valence-electron chi connectivity index (χ2n) is 7.59. The number of H-pyrrole nitrogens is 1. The molecule has 2 unspecified atom stereocenters. The standard InChI is InChI=1S/C15H23FN2O16P2/c16-8-10(23)14(32-12(8)5(20)3-19)33-36(28,29)34-35(26,27)30-4-6-9(22)11(24)13(31-6)18-2-1-7(21)17-15(18)25/h1-2,5-6,8-14,19-20,22-24H,3-4H2,(H,26,27)(H,28,29)(H,17,21,25)/p-2/t5-,6-,8-,9-,10-,11-,12-,13-,14-/m1/s1. The van der Waals surface area contributed by atoms with Gasteiger partial charge in [0.1, 0.15) is 36.6 Å². The van der Waals surface area contributed by atoms with E-state index in [0.29, 0.717) is 4.57 Å². The van der Waals surface area contributed by atoms with Gasteiger partial charge in [0.25, 0.3) is 21.2 Å². The fourth-order valence-corrected chi connectivity index (χ4v) is 5.41. The first-order valence-corrected chi connectivity index (χ1v) is 12.8. The first-order chi connectivity index (χ1) is 16.7. The number of phosphoric acid groups is 2. The minimum Gasteiger partial charge on any atom is -0.756 e. The molecule has 1 aromatic rings. The maximum absolute atomic E-state index is 13.9. The maximum Gasteiger partial charge on any atom is 0.330 e. The second-order valence-corrected chi connectivity index (χ2v) is 10.5. The van der Waals surface area contributed by atoms with E-state index in [1.807, 2.05) is 4.98 Å². The maximum atomic E-state index is 13.9. The van der Waals surface area contributed by atoms with E-state index in [4.69, 9.17) is 9.84 Å². The molecule has 0 bridgehead atoms. The monoisotopic (exact) mass is 566 g/mol. The second kappa shape index (κ2) is 11.1. The van der Waals surface area contributed by atoms with E-state index in [2.05, 4.69) is 18.1 Å². The van der Waals surface area contributed by atoms with Crippen LogP contribution in [0.4, 0.5) is 4.39 Å². The van der Waals surface area contributed by atoms with Crippen molar-refractivity contribution >= 4 is 15.6 Å². The topological polar surface area (TPSA) is 282 Å². The zero-order chi connectivity index (χ0) is 27.0. The number of halogens is 1. The minimum atomic E-state index is -5.93. The van der Waals surface area contributed by atoms with Gasteiger partial charge < -0.3 is 49.3 Å². The van der Waals surface area contributed by atoms with Gasteiger partial charge in [-0.05, 0) is 0 Å². The fourth-order valence-electron chi connectivity index (χ4n) is 3.33. The molecule has 11 atom stereocenters. The molecule has 0 amide bonds. The van der Waals surface area contributed by atoms with E-state index < -0.39 is 95.4 Å². The predicted octanol–water partition coefficient (Wildman–Crippen LogP) is -5.08. The van der Waals surface area contributed by atoms with Gasteiger partial charge in [-0.2, -0.15) is 0 Å². The summed E-state index contributed by atoms with van der Waals surface area (Å²) >= 11 is 0. The molecule has 0 aromatic carbocycles. The highest BCUT2D eigenvalue weighted by Crippen LogP contribution is 2.57. The molecule has 206 valence electrons. The molecule has 2 saturated heterocycles. The molecule has 36 heavy (non-hydrogen) atoms. The van der Waals surface area contributed by atoms with Gasteiger partial charge in [-0.1, -0.05) is 0 Å². The third-order valence-corrected chi connectivity index (χ3v) is 7.60. The van der Waals surface area contributed by atoms with Crippen LogP contribution in [0.5, 0.6) is 0 Å². The van der Waals surface area contributed by atoms with E-state index >= 15 is 0 Å². The Hall–Kier alpha value is -1.41. The zero-order valence-electron chi connectivity index (χ0n) is 17.7. The molecular weight excluding hydrogens is 545 g/mol. The summed E-state index contributed by atoms with van der Waals surface area (Å²) in [6, 6.07) is 0.905. The summed E-state index contributed by atoms with van der Waals surface area (Å²) in [5.41, 5.74) is -1.79. The third kappa shape index (κ3) is 6.53. The van der Waals surface area contributed by atoms with Crippen LogP contribution in [-0.4, -0.2) is 97.4 Å². The number of hydrogen-bond donors (Lipinski definition) is 6. The average molecular weight is 566 g/mol. The smallest absolute Gasteiger partial charge is 0.330 e. The Morgan fingerprint density at radius 3 is 2.42 bits per heavy atom. The largest absolute Gasteiger partial charge is 0.756 e. The summed E-state index contributed by atoms with van der Waals surface area (Å²) in [5.74, 6) is 0. The Balaban J connectivity index is 1.60. The van der Waals surface area contributed by atoms with Crippen molar-refractivity contribution in [3.05, 3.63) is 33.1 Å². The summed E-state index contributed by atoms with van der Waals surface area (Å²) < 4.78 is 60.7. The molecule has 2 aliphatic heterocycles. The SMILES string of the molecule is O=c1ccn([C@@H]2O[C@H](COP(=O)([O-])OP(=O)([O-])O[C@H]3O[C@H]([C@H](O)CO)[C@H](F)[C@H]3O)[C@@H](O)[C@H]2O)c(=O)[nH]1. The molecular formula is C15H21FN2O16P2-2. The van der Waals surface area contributed by atoms with Crippen LogP contribution in [0.15, 0.2) is 21.9 Å². The molecule has 3 heterocycles. The first kappa shape index (κ1) is 29.2. The number of phosphoric ester groups is 2. The highest BCUT2D eigenvalue weighted by molar-refractivity contribution is 7.59. The Morgan fingerprint density at radius 1 is 1.14 bits per heavy atom. The Morgan fingerprint density at radius 2 is 1.81 bits per heavy atom. The minimum absolute atomic E-state index is 0.689. The quantitative estimate of drug-likeness (QED) is 0.144. The van der Waals surface area contributed by atoms with Crippen molar-refractivity contribution in [3.8, 4) is 0 Å². The van der Waals surface area contributed by atoms with Crippen LogP contribution in [-0.2, 0) is 32.0 Å². The van der Waals surface area contributed by atoms with Crippen molar-refractivity contribution in [2.75, 3.05) is 13.2 Å². The molecule has 3 rings (SSSR count). The van der Waals surface area contributed by atoms with E-state index in [0.717, 1.165) is 12.3 Å². The van der Waals surface area contributed by atoms with Crippen LogP contribution >= 0.6 is 15.6 Å². The first-order valence-electron chi connectivity index (χ1n) is 9.92. The van der Waals surface area contributed by atoms with Crippen molar-refractivity contribution in [3.63, 3.8) is 0 Å². The van der Waals surface area contributed by atoms with Crippen LogP contribution in [0.25, 0.3) is 0 Å².